The third kappa shape index (κ3) is 5.57. The predicted molar refractivity (Wildman–Crippen MR) is 102 cm³/mol. The second-order valence-electron chi connectivity index (χ2n) is 6.17. The average molecular weight is 382 g/mol. The van der Waals surface area contributed by atoms with Crippen molar-refractivity contribution in [2.75, 3.05) is 13.7 Å². The molecule has 0 N–H and O–H groups in total. The van der Waals surface area contributed by atoms with Gasteiger partial charge in [-0.15, -0.1) is 0 Å². The SMILES string of the molecule is COc1cccc(-c2noc(COC(=O)CCCOc3cccc(C)c3)n2)c1. The van der Waals surface area contributed by atoms with E-state index in [0.29, 0.717) is 24.6 Å². The summed E-state index contributed by atoms with van der Waals surface area (Å²) in [6.45, 7) is 2.38. The number of aromatic nitrogens is 2. The minimum absolute atomic E-state index is 0.0610. The van der Waals surface area contributed by atoms with Gasteiger partial charge in [0.25, 0.3) is 5.89 Å². The first-order chi connectivity index (χ1) is 13.6. The third-order valence-corrected chi connectivity index (χ3v) is 3.94. The van der Waals surface area contributed by atoms with Gasteiger partial charge in [0.2, 0.25) is 5.82 Å². The van der Waals surface area contributed by atoms with Crippen LogP contribution in [0.1, 0.15) is 24.3 Å². The van der Waals surface area contributed by atoms with E-state index in [2.05, 4.69) is 10.1 Å². The van der Waals surface area contributed by atoms with Crippen molar-refractivity contribution in [2.24, 2.45) is 0 Å². The number of ether oxygens (including phenoxy) is 3. The third-order valence-electron chi connectivity index (χ3n) is 3.94. The van der Waals surface area contributed by atoms with E-state index >= 15 is 0 Å². The Morgan fingerprint density at radius 2 is 1.93 bits per heavy atom. The van der Waals surface area contributed by atoms with E-state index in [4.69, 9.17) is 18.7 Å². The molecule has 1 aromatic heterocycles. The molecule has 3 rings (SSSR count). The van der Waals surface area contributed by atoms with E-state index in [9.17, 15) is 4.79 Å². The summed E-state index contributed by atoms with van der Waals surface area (Å²) in [6.07, 6.45) is 0.814. The van der Waals surface area contributed by atoms with E-state index in [0.717, 1.165) is 16.9 Å². The maximum absolute atomic E-state index is 11.9. The molecule has 1 heterocycles. The van der Waals surface area contributed by atoms with E-state index in [1.807, 2.05) is 49.4 Å². The normalized spacial score (nSPS) is 10.5. The quantitative estimate of drug-likeness (QED) is 0.409. The molecule has 0 unspecified atom stereocenters. The summed E-state index contributed by atoms with van der Waals surface area (Å²) < 4.78 is 21.1. The van der Waals surface area contributed by atoms with Crippen molar-refractivity contribution >= 4 is 5.97 Å². The molecular weight excluding hydrogens is 360 g/mol. The highest BCUT2D eigenvalue weighted by Gasteiger charge is 2.12. The number of carbonyl (C=O) groups is 1. The minimum atomic E-state index is -0.339. The molecule has 7 nitrogen and oxygen atoms in total. The maximum Gasteiger partial charge on any atom is 0.306 e. The highest BCUT2D eigenvalue weighted by atomic mass is 16.6. The summed E-state index contributed by atoms with van der Waals surface area (Å²) in [5, 5.41) is 3.90. The topological polar surface area (TPSA) is 83.7 Å². The van der Waals surface area contributed by atoms with E-state index in [1.165, 1.54) is 0 Å². The fraction of sp³-hybridized carbons (Fsp3) is 0.286. The molecule has 3 aromatic rings. The molecule has 0 radical (unpaired) electrons. The molecule has 0 aliphatic rings. The molecule has 0 aliphatic heterocycles. The first kappa shape index (κ1) is 19.4. The Bertz CT molecular complexity index is 922. The second kappa shape index (κ2) is 9.55. The molecule has 2 aromatic carbocycles. The fourth-order valence-corrected chi connectivity index (χ4v) is 2.52. The van der Waals surface area contributed by atoms with Crippen LogP contribution in [0, 0.1) is 6.92 Å². The summed E-state index contributed by atoms with van der Waals surface area (Å²) in [5.74, 6) is 1.81. The number of nitrogens with zero attached hydrogens (tertiary/aromatic N) is 2. The van der Waals surface area contributed by atoms with Gasteiger partial charge in [-0.05, 0) is 43.2 Å². The monoisotopic (exact) mass is 382 g/mol. The lowest BCUT2D eigenvalue weighted by atomic mass is 10.2. The zero-order chi connectivity index (χ0) is 19.8. The van der Waals surface area contributed by atoms with Crippen LogP contribution in [0.5, 0.6) is 11.5 Å². The summed E-state index contributed by atoms with van der Waals surface area (Å²) in [6, 6.07) is 15.1. The number of rotatable bonds is 9. The highest BCUT2D eigenvalue weighted by Crippen LogP contribution is 2.21. The van der Waals surface area contributed by atoms with Crippen LogP contribution in [0.15, 0.2) is 53.1 Å². The molecular formula is C21H22N2O5. The van der Waals surface area contributed by atoms with Gasteiger partial charge in [-0.1, -0.05) is 29.4 Å². The van der Waals surface area contributed by atoms with Crippen LogP contribution in [0.2, 0.25) is 0 Å². The van der Waals surface area contributed by atoms with Crippen LogP contribution in [0.3, 0.4) is 0 Å². The van der Waals surface area contributed by atoms with Gasteiger partial charge in [-0.2, -0.15) is 4.98 Å². The van der Waals surface area contributed by atoms with Crippen molar-refractivity contribution in [2.45, 2.75) is 26.4 Å². The lowest BCUT2D eigenvalue weighted by Crippen LogP contribution is -2.07. The smallest absolute Gasteiger partial charge is 0.306 e. The molecule has 28 heavy (non-hydrogen) atoms. The Kier molecular flexibility index (Phi) is 6.62. The Labute approximate surface area is 163 Å². The Morgan fingerprint density at radius 3 is 2.75 bits per heavy atom. The molecule has 0 spiro atoms. The number of benzene rings is 2. The molecule has 0 aliphatic carbocycles. The van der Waals surface area contributed by atoms with Crippen molar-refractivity contribution in [3.63, 3.8) is 0 Å². The zero-order valence-corrected chi connectivity index (χ0v) is 15.9. The van der Waals surface area contributed by atoms with Crippen molar-refractivity contribution < 1.29 is 23.5 Å². The van der Waals surface area contributed by atoms with E-state index in [-0.39, 0.29) is 24.9 Å². The van der Waals surface area contributed by atoms with Gasteiger partial charge in [0.15, 0.2) is 6.61 Å². The summed E-state index contributed by atoms with van der Waals surface area (Å²) in [7, 11) is 1.59. The van der Waals surface area contributed by atoms with Gasteiger partial charge in [-0.3, -0.25) is 4.79 Å². The number of hydrogen-bond acceptors (Lipinski definition) is 7. The second-order valence-corrected chi connectivity index (χ2v) is 6.17. The minimum Gasteiger partial charge on any atom is -0.497 e. The van der Waals surface area contributed by atoms with Crippen molar-refractivity contribution in [3.05, 3.63) is 60.0 Å². The van der Waals surface area contributed by atoms with Gasteiger partial charge < -0.3 is 18.7 Å². The Morgan fingerprint density at radius 1 is 1.11 bits per heavy atom. The molecule has 0 amide bonds. The average Bonchev–Trinajstić information content (AvgIpc) is 3.19. The van der Waals surface area contributed by atoms with Crippen LogP contribution < -0.4 is 9.47 Å². The number of esters is 1. The largest absolute Gasteiger partial charge is 0.497 e. The molecule has 146 valence electrons. The van der Waals surface area contributed by atoms with Crippen molar-refractivity contribution in [1.82, 2.24) is 10.1 Å². The van der Waals surface area contributed by atoms with Crippen LogP contribution in [0.25, 0.3) is 11.4 Å². The van der Waals surface area contributed by atoms with Crippen molar-refractivity contribution in [1.29, 1.82) is 0 Å². The van der Waals surface area contributed by atoms with E-state index in [1.54, 1.807) is 13.2 Å². The van der Waals surface area contributed by atoms with Gasteiger partial charge in [0.1, 0.15) is 11.5 Å². The van der Waals surface area contributed by atoms with Crippen molar-refractivity contribution in [3.8, 4) is 22.9 Å². The summed E-state index contributed by atoms with van der Waals surface area (Å²) >= 11 is 0. The molecule has 7 heteroatoms. The van der Waals surface area contributed by atoms with Gasteiger partial charge >= 0.3 is 5.97 Å². The van der Waals surface area contributed by atoms with Gasteiger partial charge in [0.05, 0.1) is 13.7 Å². The molecule has 0 saturated heterocycles. The summed E-state index contributed by atoms with van der Waals surface area (Å²) in [5.41, 5.74) is 1.89. The van der Waals surface area contributed by atoms with Gasteiger partial charge in [0, 0.05) is 12.0 Å². The molecule has 0 fully saturated rings. The van der Waals surface area contributed by atoms with Crippen LogP contribution in [0.4, 0.5) is 0 Å². The van der Waals surface area contributed by atoms with Crippen LogP contribution in [-0.2, 0) is 16.1 Å². The molecule has 0 bridgehead atoms. The maximum atomic E-state index is 11.9. The Balaban J connectivity index is 1.40. The van der Waals surface area contributed by atoms with Gasteiger partial charge in [-0.25, -0.2) is 0 Å². The standard InChI is InChI=1S/C21H22N2O5/c1-15-6-3-9-18(12-15)26-11-5-10-20(24)27-14-19-22-21(23-28-19)16-7-4-8-17(13-16)25-2/h3-4,6-9,12-13H,5,10-11,14H2,1-2H3. The van der Waals surface area contributed by atoms with Crippen LogP contribution >= 0.6 is 0 Å². The first-order valence-corrected chi connectivity index (χ1v) is 8.96. The highest BCUT2D eigenvalue weighted by molar-refractivity contribution is 5.69. The summed E-state index contributed by atoms with van der Waals surface area (Å²) in [4.78, 5) is 16.1. The number of carbonyl (C=O) groups excluding carboxylic acids is 1. The molecule has 0 atom stereocenters. The lowest BCUT2D eigenvalue weighted by Gasteiger charge is -2.06. The van der Waals surface area contributed by atoms with E-state index < -0.39 is 0 Å². The fourth-order valence-electron chi connectivity index (χ4n) is 2.52. The Hall–Kier alpha value is -3.35. The number of hydrogen-bond donors (Lipinski definition) is 0. The molecule has 0 saturated carbocycles. The lowest BCUT2D eigenvalue weighted by molar-refractivity contribution is -0.146. The number of aryl methyl sites for hydroxylation is 1. The first-order valence-electron chi connectivity index (χ1n) is 8.96. The predicted octanol–water partition coefficient (Wildman–Crippen LogP) is 3.96. The van der Waals surface area contributed by atoms with Crippen LogP contribution in [-0.4, -0.2) is 29.8 Å². The zero-order valence-electron chi connectivity index (χ0n) is 15.9. The number of methoxy groups -OCH3 is 1.